The van der Waals surface area contributed by atoms with Gasteiger partial charge in [-0.2, -0.15) is 10.4 Å². The van der Waals surface area contributed by atoms with Gasteiger partial charge in [-0.15, -0.1) is 0 Å². The second kappa shape index (κ2) is 12.5. The van der Waals surface area contributed by atoms with Gasteiger partial charge in [0.05, 0.1) is 28.5 Å². The van der Waals surface area contributed by atoms with E-state index in [1.807, 2.05) is 12.1 Å². The van der Waals surface area contributed by atoms with Crippen molar-refractivity contribution < 1.29 is 23.5 Å². The van der Waals surface area contributed by atoms with E-state index in [2.05, 4.69) is 44.5 Å². The normalized spacial score (nSPS) is 10.5. The van der Waals surface area contributed by atoms with Crippen molar-refractivity contribution in [1.82, 2.24) is 5.43 Å². The highest BCUT2D eigenvalue weighted by Crippen LogP contribution is 2.34. The van der Waals surface area contributed by atoms with Gasteiger partial charge in [0.25, 0.3) is 0 Å². The number of hydrogen-bond acceptors (Lipinski definition) is 6. The summed E-state index contributed by atoms with van der Waals surface area (Å²) in [4.78, 5) is 23.9. The van der Waals surface area contributed by atoms with Gasteiger partial charge in [-0.05, 0) is 70.6 Å². The van der Waals surface area contributed by atoms with Crippen molar-refractivity contribution in [1.29, 1.82) is 5.26 Å². The van der Waals surface area contributed by atoms with Crippen LogP contribution in [0, 0.1) is 20.7 Å². The Morgan fingerprint density at radius 1 is 1.14 bits per heavy atom. The number of hydrazone groups is 1. The molecule has 3 aromatic carbocycles. The largest absolute Gasteiger partial charge is 0.493 e. The summed E-state index contributed by atoms with van der Waals surface area (Å²) in [5.41, 5.74) is 4.60. The lowest BCUT2D eigenvalue weighted by Gasteiger charge is -2.14. The molecule has 3 rings (SSSR count). The molecule has 0 aromatic heterocycles. The Kier molecular flexibility index (Phi) is 9.14. The number of hydrogen-bond donors (Lipinski definition) is 2. The molecule has 0 radical (unpaired) electrons. The number of anilines is 1. The average Bonchev–Trinajstić information content (AvgIpc) is 2.84. The summed E-state index contributed by atoms with van der Waals surface area (Å²) in [5.74, 6) is -0.624. The molecule has 2 amide bonds. The van der Waals surface area contributed by atoms with Crippen molar-refractivity contribution in [2.75, 3.05) is 12.4 Å². The van der Waals surface area contributed by atoms with Gasteiger partial charge < -0.3 is 14.8 Å². The lowest BCUT2D eigenvalue weighted by atomic mass is 10.1. The summed E-state index contributed by atoms with van der Waals surface area (Å²) in [6.07, 6.45) is 0.960. The quantitative estimate of drug-likeness (QED) is 0.168. The number of nitriles is 1. The molecule has 178 valence electrons. The number of rotatable bonds is 9. The number of methoxy groups -OCH3 is 1. The monoisotopic (exact) mass is 586 g/mol. The van der Waals surface area contributed by atoms with Crippen LogP contribution in [0.2, 0.25) is 0 Å². The van der Waals surface area contributed by atoms with E-state index in [9.17, 15) is 19.2 Å². The van der Waals surface area contributed by atoms with E-state index in [-0.39, 0.29) is 6.61 Å². The maximum atomic E-state index is 12.9. The Balaban J connectivity index is 1.58. The van der Waals surface area contributed by atoms with E-state index in [0.29, 0.717) is 28.3 Å². The molecular weight excluding hydrogens is 566 g/mol. The molecule has 0 saturated carbocycles. The molecule has 0 fully saturated rings. The number of halogens is 2. The number of ether oxygens (including phenoxy) is 2. The maximum Gasteiger partial charge on any atom is 0.249 e. The van der Waals surface area contributed by atoms with Crippen molar-refractivity contribution in [3.05, 3.63) is 86.7 Å². The molecule has 0 atom stereocenters. The summed E-state index contributed by atoms with van der Waals surface area (Å²) >= 11 is 2.09. The Bertz CT molecular complexity index is 1290. The first-order chi connectivity index (χ1) is 16.9. The zero-order valence-electron chi connectivity index (χ0n) is 18.5. The molecule has 0 aliphatic heterocycles. The van der Waals surface area contributed by atoms with Gasteiger partial charge in [0.15, 0.2) is 11.5 Å². The summed E-state index contributed by atoms with van der Waals surface area (Å²) in [6.45, 7) is 0.194. The van der Waals surface area contributed by atoms with E-state index in [4.69, 9.17) is 9.47 Å². The molecule has 0 aliphatic carbocycles. The third kappa shape index (κ3) is 7.51. The zero-order chi connectivity index (χ0) is 25.2. The summed E-state index contributed by atoms with van der Waals surface area (Å²) in [7, 11) is 1.50. The average molecular weight is 586 g/mol. The third-order valence-electron chi connectivity index (χ3n) is 4.61. The van der Waals surface area contributed by atoms with Crippen molar-refractivity contribution in [3.8, 4) is 17.6 Å². The summed E-state index contributed by atoms with van der Waals surface area (Å²) < 4.78 is 25.0. The van der Waals surface area contributed by atoms with Gasteiger partial charge in [0, 0.05) is 11.3 Å². The molecular formula is C25H20FIN4O4. The van der Waals surface area contributed by atoms with Gasteiger partial charge in [0.2, 0.25) is 11.8 Å². The fraction of sp³-hybridized carbons (Fsp3) is 0.120. The Morgan fingerprint density at radius 2 is 1.89 bits per heavy atom. The Morgan fingerprint density at radius 3 is 2.60 bits per heavy atom. The van der Waals surface area contributed by atoms with Gasteiger partial charge in [-0.25, -0.2) is 9.82 Å². The highest BCUT2D eigenvalue weighted by atomic mass is 127. The summed E-state index contributed by atoms with van der Waals surface area (Å²) in [5, 5.41) is 15.6. The van der Waals surface area contributed by atoms with Gasteiger partial charge >= 0.3 is 0 Å². The zero-order valence-corrected chi connectivity index (χ0v) is 20.7. The standard InChI is InChI=1S/C25H20FIN4O4/c1-34-22-11-16(10-21(27)25(22)35-15-18-5-3-2-4-17(18)13-28)14-29-31-24(33)12-23(32)30-20-8-6-19(26)7-9-20/h2-11,14H,12,15H2,1H3,(H,30,32)(H,31,33). The lowest BCUT2D eigenvalue weighted by Crippen LogP contribution is -2.24. The lowest BCUT2D eigenvalue weighted by molar-refractivity contribution is -0.126. The third-order valence-corrected chi connectivity index (χ3v) is 5.41. The fourth-order valence-electron chi connectivity index (χ4n) is 2.96. The first-order valence-corrected chi connectivity index (χ1v) is 11.3. The molecule has 10 heteroatoms. The van der Waals surface area contributed by atoms with Gasteiger partial charge in [-0.1, -0.05) is 18.2 Å². The first kappa shape index (κ1) is 25.6. The van der Waals surface area contributed by atoms with Crippen LogP contribution in [0.5, 0.6) is 11.5 Å². The van der Waals surface area contributed by atoms with Crippen LogP contribution in [-0.2, 0) is 16.2 Å². The fourth-order valence-corrected chi connectivity index (χ4v) is 3.74. The van der Waals surface area contributed by atoms with Gasteiger partial charge in [0.1, 0.15) is 18.8 Å². The summed E-state index contributed by atoms with van der Waals surface area (Å²) in [6, 6.07) is 18.0. The Labute approximate surface area is 214 Å². The topological polar surface area (TPSA) is 113 Å². The predicted octanol–water partition coefficient (Wildman–Crippen LogP) is 4.37. The van der Waals surface area contributed by atoms with Crippen LogP contribution in [0.1, 0.15) is 23.1 Å². The number of nitrogens with zero attached hydrogens (tertiary/aromatic N) is 2. The van der Waals surface area contributed by atoms with Crippen LogP contribution in [0.15, 0.2) is 65.8 Å². The predicted molar refractivity (Wildman–Crippen MR) is 137 cm³/mol. The number of nitrogens with one attached hydrogen (secondary N) is 2. The van der Waals surface area contributed by atoms with Crippen LogP contribution in [0.3, 0.4) is 0 Å². The molecule has 0 unspecified atom stereocenters. The molecule has 0 spiro atoms. The SMILES string of the molecule is COc1cc(C=NNC(=O)CC(=O)Nc2ccc(F)cc2)cc(I)c1OCc1ccccc1C#N. The van der Waals surface area contributed by atoms with Crippen LogP contribution in [0.25, 0.3) is 0 Å². The Hall–Kier alpha value is -3.98. The van der Waals surface area contributed by atoms with E-state index < -0.39 is 24.1 Å². The number of carbonyl (C=O) groups excluding carboxylic acids is 2. The van der Waals surface area contributed by atoms with Crippen molar-refractivity contribution in [2.45, 2.75) is 13.0 Å². The molecule has 35 heavy (non-hydrogen) atoms. The second-order valence-electron chi connectivity index (χ2n) is 7.12. The molecule has 3 aromatic rings. The number of carbonyl (C=O) groups is 2. The molecule has 2 N–H and O–H groups in total. The molecule has 0 heterocycles. The van der Waals surface area contributed by atoms with Crippen LogP contribution in [0.4, 0.5) is 10.1 Å². The van der Waals surface area contributed by atoms with Crippen molar-refractivity contribution >= 4 is 46.3 Å². The van der Waals surface area contributed by atoms with Crippen LogP contribution in [-0.4, -0.2) is 25.1 Å². The smallest absolute Gasteiger partial charge is 0.249 e. The molecule has 0 aliphatic rings. The van der Waals surface area contributed by atoms with E-state index >= 15 is 0 Å². The maximum absolute atomic E-state index is 12.9. The van der Waals surface area contributed by atoms with E-state index in [1.54, 1.807) is 24.3 Å². The highest BCUT2D eigenvalue weighted by Gasteiger charge is 2.13. The molecule has 8 nitrogen and oxygen atoms in total. The van der Waals surface area contributed by atoms with E-state index in [0.717, 1.165) is 9.13 Å². The van der Waals surface area contributed by atoms with Crippen molar-refractivity contribution in [3.63, 3.8) is 0 Å². The van der Waals surface area contributed by atoms with Crippen molar-refractivity contribution in [2.24, 2.45) is 5.10 Å². The second-order valence-corrected chi connectivity index (χ2v) is 8.28. The van der Waals surface area contributed by atoms with Crippen LogP contribution < -0.4 is 20.2 Å². The van der Waals surface area contributed by atoms with Crippen LogP contribution >= 0.6 is 22.6 Å². The number of benzene rings is 3. The number of amides is 2. The highest BCUT2D eigenvalue weighted by molar-refractivity contribution is 14.1. The minimum absolute atomic E-state index is 0.194. The minimum atomic E-state index is -0.612. The van der Waals surface area contributed by atoms with E-state index in [1.165, 1.54) is 37.6 Å². The molecule has 0 saturated heterocycles. The molecule has 0 bridgehead atoms. The van der Waals surface area contributed by atoms with Gasteiger partial charge in [-0.3, -0.25) is 9.59 Å². The minimum Gasteiger partial charge on any atom is -0.493 e. The first-order valence-electron chi connectivity index (χ1n) is 10.2.